The smallest absolute Gasteiger partial charge is 0.240 e. The van der Waals surface area contributed by atoms with Crippen molar-refractivity contribution in [1.29, 1.82) is 0 Å². The van der Waals surface area contributed by atoms with Crippen molar-refractivity contribution in [3.05, 3.63) is 33.6 Å². The predicted octanol–water partition coefficient (Wildman–Crippen LogP) is 4.08. The number of aromatic nitrogens is 1. The molecule has 0 unspecified atom stereocenters. The fourth-order valence-electron chi connectivity index (χ4n) is 3.00. The summed E-state index contributed by atoms with van der Waals surface area (Å²) in [5, 5.41) is 6.49. The molecule has 0 spiro atoms. The fourth-order valence-corrected chi connectivity index (χ4v) is 4.23. The van der Waals surface area contributed by atoms with Crippen LogP contribution in [0.15, 0.2) is 23.6 Å². The summed E-state index contributed by atoms with van der Waals surface area (Å²) in [6.45, 7) is 7.63. The van der Waals surface area contributed by atoms with Gasteiger partial charge >= 0.3 is 0 Å². The van der Waals surface area contributed by atoms with Gasteiger partial charge in [-0.2, -0.15) is 0 Å². The highest BCUT2D eigenvalue weighted by Gasteiger charge is 2.19. The summed E-state index contributed by atoms with van der Waals surface area (Å²) in [6.07, 6.45) is 1.17. The van der Waals surface area contributed by atoms with E-state index in [9.17, 15) is 4.79 Å². The van der Waals surface area contributed by atoms with Gasteiger partial charge in [-0.05, 0) is 31.2 Å². The highest BCUT2D eigenvalue weighted by molar-refractivity contribution is 7.14. The minimum atomic E-state index is -0.0305. The summed E-state index contributed by atoms with van der Waals surface area (Å²) in [5.41, 5.74) is 1.54. The van der Waals surface area contributed by atoms with E-state index in [1.165, 1.54) is 17.8 Å². The van der Waals surface area contributed by atoms with Crippen LogP contribution in [0.3, 0.4) is 0 Å². The molecule has 0 radical (unpaired) electrons. The monoisotopic (exact) mass is 412 g/mol. The van der Waals surface area contributed by atoms with Crippen LogP contribution in [0.5, 0.6) is 0 Å². The van der Waals surface area contributed by atoms with Crippen LogP contribution in [0.25, 0.3) is 11.3 Å². The van der Waals surface area contributed by atoms with E-state index in [-0.39, 0.29) is 5.91 Å². The first-order valence-corrected chi connectivity index (χ1v) is 10.3. The summed E-state index contributed by atoms with van der Waals surface area (Å²) < 4.78 is 0. The van der Waals surface area contributed by atoms with Gasteiger partial charge in [0.25, 0.3) is 0 Å². The molecule has 0 saturated carbocycles. The van der Waals surface area contributed by atoms with Crippen LogP contribution in [0, 0.1) is 0 Å². The van der Waals surface area contributed by atoms with Gasteiger partial charge in [0.2, 0.25) is 5.91 Å². The lowest BCUT2D eigenvalue weighted by Crippen LogP contribution is -2.48. The quantitative estimate of drug-likeness (QED) is 0.775. The van der Waals surface area contributed by atoms with Gasteiger partial charge in [0.05, 0.1) is 17.3 Å². The number of halogens is 2. The van der Waals surface area contributed by atoms with Crippen LogP contribution >= 0.6 is 34.5 Å². The van der Waals surface area contributed by atoms with E-state index in [1.54, 1.807) is 12.1 Å². The van der Waals surface area contributed by atoms with E-state index in [4.69, 9.17) is 23.2 Å². The molecule has 1 aliphatic heterocycles. The fraction of sp³-hybridized carbons (Fsp3) is 0.444. The molecule has 1 N–H and O–H groups in total. The number of nitrogens with one attached hydrogen (secondary N) is 1. The Morgan fingerprint density at radius 2 is 1.96 bits per heavy atom. The lowest BCUT2D eigenvalue weighted by Gasteiger charge is -2.33. The highest BCUT2D eigenvalue weighted by Crippen LogP contribution is 2.32. The van der Waals surface area contributed by atoms with E-state index in [0.717, 1.165) is 44.0 Å². The number of thiazole rings is 1. The van der Waals surface area contributed by atoms with Gasteiger partial charge < -0.3 is 10.2 Å². The largest absolute Gasteiger partial charge is 0.301 e. The molecule has 140 valence electrons. The average molecular weight is 413 g/mol. The molecule has 3 rings (SSSR count). The topological polar surface area (TPSA) is 48.5 Å². The van der Waals surface area contributed by atoms with Gasteiger partial charge in [-0.1, -0.05) is 30.1 Å². The number of nitrogens with zero attached hydrogens (tertiary/aromatic N) is 3. The van der Waals surface area contributed by atoms with Crippen molar-refractivity contribution in [2.24, 2.45) is 0 Å². The summed E-state index contributed by atoms with van der Waals surface area (Å²) >= 11 is 13.5. The number of rotatable bonds is 6. The number of amides is 1. The molecular formula is C18H22Cl2N4OS. The Morgan fingerprint density at radius 3 is 2.65 bits per heavy atom. The third-order valence-electron chi connectivity index (χ3n) is 4.33. The molecule has 1 aliphatic rings. The predicted molar refractivity (Wildman–Crippen MR) is 109 cm³/mol. The van der Waals surface area contributed by atoms with Crippen molar-refractivity contribution in [1.82, 2.24) is 14.8 Å². The van der Waals surface area contributed by atoms with Gasteiger partial charge in [-0.25, -0.2) is 4.98 Å². The van der Waals surface area contributed by atoms with E-state index in [2.05, 4.69) is 27.0 Å². The molecular weight excluding hydrogens is 391 g/mol. The number of benzene rings is 1. The zero-order valence-corrected chi connectivity index (χ0v) is 17.0. The van der Waals surface area contributed by atoms with Crippen molar-refractivity contribution in [2.75, 3.05) is 44.6 Å². The maximum absolute atomic E-state index is 12.3. The summed E-state index contributed by atoms with van der Waals surface area (Å²) in [5.74, 6) is -0.0305. The molecule has 1 saturated heterocycles. The third kappa shape index (κ3) is 5.18. The summed E-state index contributed by atoms with van der Waals surface area (Å²) in [7, 11) is 0. The molecule has 1 aromatic carbocycles. The van der Waals surface area contributed by atoms with Crippen molar-refractivity contribution in [3.8, 4) is 11.3 Å². The summed E-state index contributed by atoms with van der Waals surface area (Å²) in [4.78, 5) is 21.4. The van der Waals surface area contributed by atoms with Crippen molar-refractivity contribution in [2.45, 2.75) is 13.3 Å². The first kappa shape index (κ1) is 19.6. The van der Waals surface area contributed by atoms with Crippen molar-refractivity contribution >= 4 is 45.6 Å². The van der Waals surface area contributed by atoms with Gasteiger partial charge in [-0.15, -0.1) is 11.3 Å². The third-order valence-corrected chi connectivity index (χ3v) is 5.64. The molecule has 2 heterocycles. The maximum atomic E-state index is 12.3. The molecule has 5 nitrogen and oxygen atoms in total. The Labute approximate surface area is 167 Å². The Kier molecular flexibility index (Phi) is 6.89. The van der Waals surface area contributed by atoms with E-state index in [0.29, 0.717) is 21.7 Å². The number of anilines is 1. The molecule has 26 heavy (non-hydrogen) atoms. The van der Waals surface area contributed by atoms with Crippen LogP contribution in [0.4, 0.5) is 5.13 Å². The van der Waals surface area contributed by atoms with E-state index in [1.807, 2.05) is 11.4 Å². The average Bonchev–Trinajstić information content (AvgIpc) is 3.05. The maximum Gasteiger partial charge on any atom is 0.240 e. The van der Waals surface area contributed by atoms with Gasteiger partial charge in [0.1, 0.15) is 0 Å². The zero-order chi connectivity index (χ0) is 18.5. The SMILES string of the molecule is CCCN1CCN(CC(=O)Nc2nc(-c3ccc(Cl)cc3Cl)cs2)CC1. The van der Waals surface area contributed by atoms with Crippen LogP contribution in [0.2, 0.25) is 10.0 Å². The molecule has 8 heteroatoms. The number of hydrogen-bond donors (Lipinski definition) is 1. The second-order valence-electron chi connectivity index (χ2n) is 6.33. The lowest BCUT2D eigenvalue weighted by atomic mass is 10.2. The van der Waals surface area contributed by atoms with Crippen LogP contribution in [0.1, 0.15) is 13.3 Å². The van der Waals surface area contributed by atoms with Crippen LogP contribution in [-0.4, -0.2) is 60.0 Å². The van der Waals surface area contributed by atoms with Crippen molar-refractivity contribution < 1.29 is 4.79 Å². The number of piperazine rings is 1. The van der Waals surface area contributed by atoms with Crippen LogP contribution in [-0.2, 0) is 4.79 Å². The molecule has 0 aliphatic carbocycles. The summed E-state index contributed by atoms with van der Waals surface area (Å²) in [6, 6.07) is 5.30. The Bertz CT molecular complexity index is 759. The zero-order valence-electron chi connectivity index (χ0n) is 14.7. The second-order valence-corrected chi connectivity index (χ2v) is 8.03. The minimum Gasteiger partial charge on any atom is -0.301 e. The van der Waals surface area contributed by atoms with Gasteiger partial charge in [0.15, 0.2) is 5.13 Å². The normalized spacial score (nSPS) is 16.0. The van der Waals surface area contributed by atoms with E-state index >= 15 is 0 Å². The van der Waals surface area contributed by atoms with Gasteiger partial charge in [-0.3, -0.25) is 9.69 Å². The Morgan fingerprint density at radius 1 is 1.23 bits per heavy atom. The molecule has 1 aromatic heterocycles. The molecule has 0 bridgehead atoms. The lowest BCUT2D eigenvalue weighted by molar-refractivity contribution is -0.117. The minimum absolute atomic E-state index is 0.0305. The first-order chi connectivity index (χ1) is 12.5. The molecule has 1 fully saturated rings. The second kappa shape index (κ2) is 9.15. The van der Waals surface area contributed by atoms with E-state index < -0.39 is 0 Å². The molecule has 2 aromatic rings. The number of carbonyl (C=O) groups is 1. The first-order valence-electron chi connectivity index (χ1n) is 8.70. The standard InChI is InChI=1S/C18H22Cl2N4OS/c1-2-5-23-6-8-24(9-7-23)11-17(25)22-18-21-16(12-26-18)14-4-3-13(19)10-15(14)20/h3-4,10,12H,2,5-9,11H2,1H3,(H,21,22,25). The Balaban J connectivity index is 1.53. The number of carbonyl (C=O) groups excluding carboxylic acids is 1. The molecule has 0 atom stereocenters. The van der Waals surface area contributed by atoms with Gasteiger partial charge in [0, 0.05) is 42.1 Å². The number of hydrogen-bond acceptors (Lipinski definition) is 5. The van der Waals surface area contributed by atoms with Crippen LogP contribution < -0.4 is 5.32 Å². The highest BCUT2D eigenvalue weighted by atomic mass is 35.5. The molecule has 1 amide bonds. The van der Waals surface area contributed by atoms with Crippen molar-refractivity contribution in [3.63, 3.8) is 0 Å². The Hall–Kier alpha value is -1.18.